The lowest BCUT2D eigenvalue weighted by Gasteiger charge is -2.31. The average molecular weight is 394 g/mol. The number of nitrogens with zero attached hydrogens (tertiary/aromatic N) is 2. The molecule has 0 saturated carbocycles. The van der Waals surface area contributed by atoms with Crippen LogP contribution in [0.2, 0.25) is 0 Å². The van der Waals surface area contributed by atoms with Gasteiger partial charge in [-0.3, -0.25) is 0 Å². The lowest BCUT2D eigenvalue weighted by atomic mass is 9.98. The summed E-state index contributed by atoms with van der Waals surface area (Å²) in [6, 6.07) is 8.69. The van der Waals surface area contributed by atoms with Crippen LogP contribution >= 0.6 is 0 Å². The van der Waals surface area contributed by atoms with Crippen LogP contribution in [-0.4, -0.2) is 38.2 Å². The molecule has 0 spiro atoms. The van der Waals surface area contributed by atoms with E-state index in [0.29, 0.717) is 16.8 Å². The summed E-state index contributed by atoms with van der Waals surface area (Å²) in [6.07, 6.45) is -4.92. The van der Waals surface area contributed by atoms with Gasteiger partial charge in [-0.1, -0.05) is 18.2 Å². The third-order valence-electron chi connectivity index (χ3n) is 4.53. The summed E-state index contributed by atoms with van der Waals surface area (Å²) in [5.74, 6) is 0.377. The Balaban J connectivity index is 2.05. The molecule has 28 heavy (non-hydrogen) atoms. The van der Waals surface area contributed by atoms with Crippen LogP contribution in [-0.2, 0) is 10.9 Å². The number of fused-ring (bicyclic) bond motifs is 1. The normalized spacial score (nSPS) is 16.6. The lowest BCUT2D eigenvalue weighted by molar-refractivity contribution is -0.137. The van der Waals surface area contributed by atoms with E-state index in [-0.39, 0.29) is 24.9 Å². The number of benzene rings is 2. The largest absolute Gasteiger partial charge is 0.491 e. The van der Waals surface area contributed by atoms with Gasteiger partial charge >= 0.3 is 6.18 Å². The summed E-state index contributed by atoms with van der Waals surface area (Å²) in [4.78, 5) is 5.96. The Morgan fingerprint density at radius 1 is 1.14 bits per heavy atom. The van der Waals surface area contributed by atoms with Gasteiger partial charge in [-0.15, -0.1) is 0 Å². The molecule has 0 saturated heterocycles. The number of ether oxygens (including phenoxy) is 2. The summed E-state index contributed by atoms with van der Waals surface area (Å²) >= 11 is 0. The van der Waals surface area contributed by atoms with Crippen LogP contribution in [0.15, 0.2) is 41.4 Å². The Morgan fingerprint density at radius 2 is 1.89 bits per heavy atom. The Labute approximate surface area is 160 Å². The van der Waals surface area contributed by atoms with E-state index in [4.69, 9.17) is 20.9 Å². The number of aliphatic imine (C=N–C) groups is 1. The molecular formula is C19H21F3N4O2. The number of hydrogen-bond donors (Lipinski definition) is 2. The summed E-state index contributed by atoms with van der Waals surface area (Å²) in [6.45, 7) is 0.373. The Hall–Kier alpha value is -2.78. The fourth-order valence-corrected chi connectivity index (χ4v) is 2.90. The minimum Gasteiger partial charge on any atom is -0.491 e. The second-order valence-corrected chi connectivity index (χ2v) is 6.35. The molecule has 0 aromatic heterocycles. The van der Waals surface area contributed by atoms with E-state index < -0.39 is 17.9 Å². The topological polar surface area (TPSA) is 86.1 Å². The zero-order chi connectivity index (χ0) is 20.5. The van der Waals surface area contributed by atoms with E-state index in [1.165, 1.54) is 13.2 Å². The van der Waals surface area contributed by atoms with E-state index in [9.17, 15) is 13.2 Å². The summed E-state index contributed by atoms with van der Waals surface area (Å²) in [5.41, 5.74) is 13.7. The van der Waals surface area contributed by atoms with Crippen molar-refractivity contribution in [1.29, 1.82) is 0 Å². The molecule has 1 aliphatic rings. The molecule has 1 aliphatic heterocycles. The van der Waals surface area contributed by atoms with Crippen molar-refractivity contribution >= 4 is 11.6 Å². The van der Waals surface area contributed by atoms with Crippen molar-refractivity contribution in [2.45, 2.75) is 12.3 Å². The molecule has 4 N–H and O–H groups in total. The first-order valence-corrected chi connectivity index (χ1v) is 8.52. The van der Waals surface area contributed by atoms with Gasteiger partial charge in [0, 0.05) is 25.3 Å². The van der Waals surface area contributed by atoms with Crippen molar-refractivity contribution < 1.29 is 22.6 Å². The predicted molar refractivity (Wildman–Crippen MR) is 100 cm³/mol. The molecule has 1 unspecified atom stereocenters. The van der Waals surface area contributed by atoms with Gasteiger partial charge in [0.1, 0.15) is 18.5 Å². The Morgan fingerprint density at radius 3 is 2.57 bits per heavy atom. The molecule has 2 aromatic carbocycles. The van der Waals surface area contributed by atoms with Gasteiger partial charge in [0.2, 0.25) is 0 Å². The van der Waals surface area contributed by atoms with Gasteiger partial charge in [0.05, 0.1) is 17.9 Å². The maximum absolute atomic E-state index is 13.1. The molecule has 1 atom stereocenters. The van der Waals surface area contributed by atoms with Crippen molar-refractivity contribution in [3.63, 3.8) is 0 Å². The number of rotatable bonds is 5. The number of guanidine groups is 1. The lowest BCUT2D eigenvalue weighted by Crippen LogP contribution is -2.42. The van der Waals surface area contributed by atoms with Gasteiger partial charge < -0.3 is 25.8 Å². The maximum atomic E-state index is 13.1. The highest BCUT2D eigenvalue weighted by atomic mass is 19.4. The van der Waals surface area contributed by atoms with Crippen molar-refractivity contribution in [1.82, 2.24) is 4.90 Å². The third-order valence-corrected chi connectivity index (χ3v) is 4.53. The van der Waals surface area contributed by atoms with Gasteiger partial charge in [0.25, 0.3) is 0 Å². The highest BCUT2D eigenvalue weighted by molar-refractivity contribution is 5.85. The Bertz CT molecular complexity index is 899. The zero-order valence-electron chi connectivity index (χ0n) is 15.5. The van der Waals surface area contributed by atoms with E-state index in [0.717, 1.165) is 17.7 Å². The van der Waals surface area contributed by atoms with E-state index in [1.807, 2.05) is 0 Å². The highest BCUT2D eigenvalue weighted by Gasteiger charge is 2.31. The van der Waals surface area contributed by atoms with Crippen LogP contribution in [0.25, 0.3) is 11.1 Å². The van der Waals surface area contributed by atoms with E-state index >= 15 is 0 Å². The first-order valence-electron chi connectivity index (χ1n) is 8.52. The predicted octanol–water partition coefficient (Wildman–Crippen LogP) is 3.25. The van der Waals surface area contributed by atoms with Crippen LogP contribution in [0.3, 0.4) is 0 Å². The molecule has 0 aliphatic carbocycles. The molecule has 0 radical (unpaired) electrons. The molecule has 9 heteroatoms. The molecular weight excluding hydrogens is 373 g/mol. The molecule has 3 rings (SSSR count). The monoisotopic (exact) mass is 394 g/mol. The van der Waals surface area contributed by atoms with Crippen LogP contribution in [0.5, 0.6) is 5.75 Å². The Kier molecular flexibility index (Phi) is 5.48. The zero-order valence-corrected chi connectivity index (χ0v) is 15.5. The van der Waals surface area contributed by atoms with Crippen molar-refractivity contribution in [2.75, 3.05) is 27.4 Å². The highest BCUT2D eigenvalue weighted by Crippen LogP contribution is 2.40. The average Bonchev–Trinajstić information content (AvgIpc) is 2.65. The summed E-state index contributed by atoms with van der Waals surface area (Å²) in [7, 11) is 3.22. The van der Waals surface area contributed by atoms with Crippen molar-refractivity contribution in [3.05, 3.63) is 47.5 Å². The minimum atomic E-state index is -4.47. The number of halogens is 3. The van der Waals surface area contributed by atoms with Crippen LogP contribution in [0.4, 0.5) is 18.9 Å². The SMILES string of the molecule is COCCOc1cc(C(F)(F)F)ccc1-c1ccc2c(c1)N=C(N)N(C)C2N. The minimum absolute atomic E-state index is 0.112. The number of alkyl halides is 3. The number of methoxy groups -OCH3 is 1. The van der Waals surface area contributed by atoms with E-state index in [2.05, 4.69) is 4.99 Å². The number of nitrogens with two attached hydrogens (primary N) is 2. The molecule has 0 fully saturated rings. The molecule has 0 bridgehead atoms. The van der Waals surface area contributed by atoms with Crippen LogP contribution in [0.1, 0.15) is 17.3 Å². The quantitative estimate of drug-likeness (QED) is 0.761. The number of hydrogen-bond acceptors (Lipinski definition) is 6. The van der Waals surface area contributed by atoms with Crippen molar-refractivity contribution in [2.24, 2.45) is 16.5 Å². The van der Waals surface area contributed by atoms with Gasteiger partial charge in [0.15, 0.2) is 5.96 Å². The molecule has 0 amide bonds. The summed E-state index contributed by atoms with van der Waals surface area (Å²) < 4.78 is 49.8. The van der Waals surface area contributed by atoms with Gasteiger partial charge in [-0.05, 0) is 23.8 Å². The molecule has 150 valence electrons. The maximum Gasteiger partial charge on any atom is 0.416 e. The second kappa shape index (κ2) is 7.69. The van der Waals surface area contributed by atoms with Crippen LogP contribution < -0.4 is 16.2 Å². The second-order valence-electron chi connectivity index (χ2n) is 6.35. The molecule has 1 heterocycles. The van der Waals surface area contributed by atoms with E-state index in [1.54, 1.807) is 30.1 Å². The first-order chi connectivity index (χ1) is 13.2. The molecule has 2 aromatic rings. The fourth-order valence-electron chi connectivity index (χ4n) is 2.90. The smallest absolute Gasteiger partial charge is 0.416 e. The summed E-state index contributed by atoms with van der Waals surface area (Å²) in [5, 5.41) is 0. The van der Waals surface area contributed by atoms with Crippen LogP contribution in [0, 0.1) is 0 Å². The fraction of sp³-hybridized carbons (Fsp3) is 0.316. The molecule has 6 nitrogen and oxygen atoms in total. The van der Waals surface area contributed by atoms with Crippen molar-refractivity contribution in [3.8, 4) is 16.9 Å². The first kappa shape index (κ1) is 20.0. The van der Waals surface area contributed by atoms with Gasteiger partial charge in [-0.2, -0.15) is 13.2 Å². The van der Waals surface area contributed by atoms with Gasteiger partial charge in [-0.25, -0.2) is 4.99 Å². The standard InChI is InChI=1S/C19H21F3N4O2/c1-26-17(23)14-5-3-11(9-15(14)25-18(26)24)13-6-4-12(19(20,21)22)10-16(13)28-8-7-27-2/h3-6,9-10,17H,7-8,23H2,1-2H3,(H2,24,25). The third kappa shape index (κ3) is 3.90.